The fourth-order valence-corrected chi connectivity index (χ4v) is 2.92. The highest BCUT2D eigenvalue weighted by Gasteiger charge is 2.31. The van der Waals surface area contributed by atoms with Crippen LogP contribution in [-0.2, 0) is 0 Å². The van der Waals surface area contributed by atoms with Gasteiger partial charge in [0.2, 0.25) is 0 Å². The van der Waals surface area contributed by atoms with Gasteiger partial charge in [0.25, 0.3) is 0 Å². The van der Waals surface area contributed by atoms with E-state index in [0.717, 1.165) is 16.7 Å². The van der Waals surface area contributed by atoms with Crippen LogP contribution >= 0.6 is 0 Å². The lowest BCUT2D eigenvalue weighted by Gasteiger charge is -2.26. The van der Waals surface area contributed by atoms with E-state index < -0.39 is 0 Å². The Morgan fingerprint density at radius 3 is 2.48 bits per heavy atom. The third kappa shape index (κ3) is 2.54. The molecule has 0 amide bonds. The van der Waals surface area contributed by atoms with Crippen LogP contribution in [0.1, 0.15) is 33.0 Å². The summed E-state index contributed by atoms with van der Waals surface area (Å²) in [7, 11) is 3.18. The predicted octanol–water partition coefficient (Wildman–Crippen LogP) is 3.68. The molecule has 2 aromatic carbocycles. The molecule has 1 aliphatic heterocycles. The highest BCUT2D eigenvalue weighted by Crippen LogP contribution is 2.38. The van der Waals surface area contributed by atoms with Crippen molar-refractivity contribution in [2.24, 2.45) is 0 Å². The van der Waals surface area contributed by atoms with Crippen molar-refractivity contribution in [2.45, 2.75) is 19.8 Å². The Balaban J connectivity index is 2.00. The van der Waals surface area contributed by atoms with Crippen LogP contribution in [0.2, 0.25) is 0 Å². The molecule has 0 N–H and O–H groups in total. The molecule has 0 fully saturated rings. The number of methoxy groups -OCH3 is 2. The normalized spacial score (nSPS) is 16.5. The zero-order valence-corrected chi connectivity index (χ0v) is 13.8. The molecule has 2 aromatic rings. The van der Waals surface area contributed by atoms with E-state index in [0.29, 0.717) is 29.4 Å². The molecule has 0 radical (unpaired) electrons. The first-order valence-corrected chi connectivity index (χ1v) is 7.56. The molecule has 0 aromatic heterocycles. The molecule has 1 unspecified atom stereocenters. The van der Waals surface area contributed by atoms with Crippen molar-refractivity contribution in [2.75, 3.05) is 20.8 Å². The van der Waals surface area contributed by atoms with Crippen molar-refractivity contribution < 1.29 is 19.0 Å². The monoisotopic (exact) mass is 312 g/mol. The van der Waals surface area contributed by atoms with Crippen molar-refractivity contribution in [3.63, 3.8) is 0 Å². The number of carbonyl (C=O) groups is 1. The summed E-state index contributed by atoms with van der Waals surface area (Å²) < 4.78 is 16.5. The van der Waals surface area contributed by atoms with E-state index >= 15 is 0 Å². The second-order valence-corrected chi connectivity index (χ2v) is 5.73. The maximum absolute atomic E-state index is 12.9. The molecule has 23 heavy (non-hydrogen) atoms. The number of ketones is 1. The summed E-state index contributed by atoms with van der Waals surface area (Å²) in [5, 5.41) is 0. The standard InChI is InChI=1S/C19H20O4/c1-11-5-7-14-18(20)15(10-23-19(14)12(11)2)13-6-8-16(21-3)17(9-13)22-4/h5-9,15H,10H2,1-4H3. The van der Waals surface area contributed by atoms with Gasteiger partial charge in [-0.15, -0.1) is 0 Å². The highest BCUT2D eigenvalue weighted by atomic mass is 16.5. The number of Topliss-reactive ketones (excluding diaryl/α,β-unsaturated/α-hetero) is 1. The van der Waals surface area contributed by atoms with E-state index in [2.05, 4.69) is 0 Å². The quantitative estimate of drug-likeness (QED) is 0.867. The highest BCUT2D eigenvalue weighted by molar-refractivity contribution is 6.04. The lowest BCUT2D eigenvalue weighted by molar-refractivity contribution is 0.0895. The molecule has 3 rings (SSSR count). The van der Waals surface area contributed by atoms with E-state index in [1.807, 2.05) is 44.2 Å². The Kier molecular flexibility index (Phi) is 3.99. The SMILES string of the molecule is COc1ccc(C2COc3c(ccc(C)c3C)C2=O)cc1OC. The summed E-state index contributed by atoms with van der Waals surface area (Å²) in [6, 6.07) is 9.37. The number of ether oxygens (including phenoxy) is 3. The van der Waals surface area contributed by atoms with Crippen molar-refractivity contribution in [3.8, 4) is 17.2 Å². The third-order valence-electron chi connectivity index (χ3n) is 4.46. The van der Waals surface area contributed by atoms with Gasteiger partial charge in [-0.3, -0.25) is 4.79 Å². The summed E-state index contributed by atoms with van der Waals surface area (Å²) in [6.45, 7) is 4.34. The van der Waals surface area contributed by atoms with Crippen LogP contribution in [0.4, 0.5) is 0 Å². The van der Waals surface area contributed by atoms with Crippen molar-refractivity contribution in [1.29, 1.82) is 0 Å². The summed E-state index contributed by atoms with van der Waals surface area (Å²) in [6.07, 6.45) is 0. The summed E-state index contributed by atoms with van der Waals surface area (Å²) in [4.78, 5) is 12.9. The first-order chi connectivity index (χ1) is 11.1. The van der Waals surface area contributed by atoms with Crippen LogP contribution in [-0.4, -0.2) is 26.6 Å². The molecule has 4 heteroatoms. The number of hydrogen-bond donors (Lipinski definition) is 0. The molecule has 0 saturated carbocycles. The molecule has 0 aliphatic carbocycles. The maximum Gasteiger partial charge on any atom is 0.177 e. The first-order valence-electron chi connectivity index (χ1n) is 7.56. The lowest BCUT2D eigenvalue weighted by atomic mass is 9.87. The number of fused-ring (bicyclic) bond motifs is 1. The molecular formula is C19H20O4. The Hall–Kier alpha value is -2.49. The first kappa shape index (κ1) is 15.4. The van der Waals surface area contributed by atoms with Crippen LogP contribution in [0.3, 0.4) is 0 Å². The molecular weight excluding hydrogens is 292 g/mol. The second kappa shape index (κ2) is 5.95. The fraction of sp³-hybridized carbons (Fsp3) is 0.316. The third-order valence-corrected chi connectivity index (χ3v) is 4.46. The van der Waals surface area contributed by atoms with Gasteiger partial charge in [0.1, 0.15) is 12.4 Å². The van der Waals surface area contributed by atoms with Gasteiger partial charge in [-0.25, -0.2) is 0 Å². The minimum absolute atomic E-state index is 0.0848. The van der Waals surface area contributed by atoms with E-state index in [-0.39, 0.29) is 11.7 Å². The van der Waals surface area contributed by atoms with Crippen LogP contribution < -0.4 is 14.2 Å². The largest absolute Gasteiger partial charge is 0.493 e. The number of aryl methyl sites for hydroxylation is 1. The molecule has 0 bridgehead atoms. The smallest absolute Gasteiger partial charge is 0.177 e. The Morgan fingerprint density at radius 1 is 1.04 bits per heavy atom. The molecule has 1 atom stereocenters. The molecule has 0 saturated heterocycles. The Morgan fingerprint density at radius 2 is 1.78 bits per heavy atom. The van der Waals surface area contributed by atoms with Crippen molar-refractivity contribution >= 4 is 5.78 Å². The summed E-state index contributed by atoms with van der Waals surface area (Å²) in [5.41, 5.74) is 3.68. The number of benzene rings is 2. The van der Waals surface area contributed by atoms with Gasteiger partial charge in [-0.05, 0) is 48.7 Å². The van der Waals surface area contributed by atoms with Crippen LogP contribution in [0.25, 0.3) is 0 Å². The summed E-state index contributed by atoms with van der Waals surface area (Å²) in [5.74, 6) is 1.73. The molecule has 1 heterocycles. The minimum atomic E-state index is -0.329. The van der Waals surface area contributed by atoms with Crippen LogP contribution in [0.15, 0.2) is 30.3 Å². The zero-order chi connectivity index (χ0) is 16.6. The van der Waals surface area contributed by atoms with Gasteiger partial charge in [0, 0.05) is 0 Å². The zero-order valence-electron chi connectivity index (χ0n) is 13.8. The van der Waals surface area contributed by atoms with E-state index in [1.54, 1.807) is 14.2 Å². The van der Waals surface area contributed by atoms with E-state index in [1.165, 1.54) is 0 Å². The Labute approximate surface area is 136 Å². The van der Waals surface area contributed by atoms with Gasteiger partial charge >= 0.3 is 0 Å². The van der Waals surface area contributed by atoms with Gasteiger partial charge in [0.15, 0.2) is 17.3 Å². The van der Waals surface area contributed by atoms with Gasteiger partial charge in [0.05, 0.1) is 25.7 Å². The Bertz CT molecular complexity index is 764. The second-order valence-electron chi connectivity index (χ2n) is 5.73. The molecule has 1 aliphatic rings. The van der Waals surface area contributed by atoms with Gasteiger partial charge in [-0.2, -0.15) is 0 Å². The fourth-order valence-electron chi connectivity index (χ4n) is 2.92. The van der Waals surface area contributed by atoms with E-state index in [4.69, 9.17) is 14.2 Å². The number of carbonyl (C=O) groups excluding carboxylic acids is 1. The molecule has 120 valence electrons. The predicted molar refractivity (Wildman–Crippen MR) is 88.0 cm³/mol. The van der Waals surface area contributed by atoms with Gasteiger partial charge < -0.3 is 14.2 Å². The number of hydrogen-bond acceptors (Lipinski definition) is 4. The topological polar surface area (TPSA) is 44.8 Å². The van der Waals surface area contributed by atoms with E-state index in [9.17, 15) is 4.79 Å². The summed E-state index contributed by atoms with van der Waals surface area (Å²) >= 11 is 0. The average molecular weight is 312 g/mol. The van der Waals surface area contributed by atoms with Crippen molar-refractivity contribution in [1.82, 2.24) is 0 Å². The van der Waals surface area contributed by atoms with Crippen molar-refractivity contribution in [3.05, 3.63) is 52.6 Å². The lowest BCUT2D eigenvalue weighted by Crippen LogP contribution is -2.26. The molecule has 0 spiro atoms. The van der Waals surface area contributed by atoms with Gasteiger partial charge in [-0.1, -0.05) is 12.1 Å². The van der Waals surface area contributed by atoms with Crippen LogP contribution in [0, 0.1) is 13.8 Å². The minimum Gasteiger partial charge on any atom is -0.493 e. The molecule has 4 nitrogen and oxygen atoms in total. The van der Waals surface area contributed by atoms with Crippen LogP contribution in [0.5, 0.6) is 17.2 Å². The average Bonchev–Trinajstić information content (AvgIpc) is 2.58. The maximum atomic E-state index is 12.9. The number of rotatable bonds is 3.